The lowest BCUT2D eigenvalue weighted by Gasteiger charge is -2.08. The molecule has 1 heterocycles. The first kappa shape index (κ1) is 9.90. The van der Waals surface area contributed by atoms with E-state index in [4.69, 9.17) is 0 Å². The van der Waals surface area contributed by atoms with E-state index in [0.717, 1.165) is 9.22 Å². The third-order valence-corrected chi connectivity index (χ3v) is 3.40. The molecule has 2 rings (SSSR count). The van der Waals surface area contributed by atoms with Crippen LogP contribution in [0.3, 0.4) is 0 Å². The van der Waals surface area contributed by atoms with Gasteiger partial charge in [0.25, 0.3) is 0 Å². The Hall–Kier alpha value is -0.640. The maximum Gasteiger partial charge on any atom is 0.102 e. The van der Waals surface area contributed by atoms with Crippen LogP contribution in [0, 0.1) is 24.5 Å². The highest BCUT2D eigenvalue weighted by molar-refractivity contribution is 14.1. The molecular formula is C12H12IN. The average Bonchev–Trinajstić information content (AvgIpc) is 2.14. The molecule has 1 aromatic carbocycles. The Morgan fingerprint density at radius 3 is 2.50 bits per heavy atom. The minimum Gasteiger partial charge on any atom is -0.242 e. The van der Waals surface area contributed by atoms with Crippen LogP contribution in [-0.4, -0.2) is 4.98 Å². The summed E-state index contributed by atoms with van der Waals surface area (Å²) in [5.74, 6) is 0. The maximum atomic E-state index is 4.53. The van der Waals surface area contributed by atoms with E-state index in [9.17, 15) is 0 Å². The summed E-state index contributed by atoms with van der Waals surface area (Å²) in [6, 6.07) is 6.39. The van der Waals surface area contributed by atoms with Gasteiger partial charge in [-0.2, -0.15) is 0 Å². The van der Waals surface area contributed by atoms with Crippen molar-refractivity contribution in [3.63, 3.8) is 0 Å². The predicted octanol–water partition coefficient (Wildman–Crippen LogP) is 3.76. The van der Waals surface area contributed by atoms with Gasteiger partial charge in [-0.25, -0.2) is 4.98 Å². The molecule has 0 aliphatic rings. The van der Waals surface area contributed by atoms with Crippen LogP contribution in [0.5, 0.6) is 0 Å². The fourth-order valence-electron chi connectivity index (χ4n) is 1.69. The molecule has 2 aromatic rings. The number of benzene rings is 1. The van der Waals surface area contributed by atoms with Crippen molar-refractivity contribution < 1.29 is 0 Å². The summed E-state index contributed by atoms with van der Waals surface area (Å²) < 4.78 is 1.05. The first-order valence-electron chi connectivity index (χ1n) is 4.62. The van der Waals surface area contributed by atoms with Gasteiger partial charge in [0.2, 0.25) is 0 Å². The second-order valence-corrected chi connectivity index (χ2v) is 4.75. The van der Waals surface area contributed by atoms with Crippen molar-refractivity contribution in [3.8, 4) is 0 Å². The van der Waals surface area contributed by atoms with E-state index in [-0.39, 0.29) is 0 Å². The van der Waals surface area contributed by atoms with Gasteiger partial charge in [-0.1, -0.05) is 0 Å². The van der Waals surface area contributed by atoms with Crippen LogP contribution in [0.2, 0.25) is 0 Å². The van der Waals surface area contributed by atoms with Crippen molar-refractivity contribution in [1.29, 1.82) is 0 Å². The molecule has 1 aromatic heterocycles. The molecule has 0 saturated heterocycles. The molecule has 14 heavy (non-hydrogen) atoms. The highest BCUT2D eigenvalue weighted by Crippen LogP contribution is 2.23. The van der Waals surface area contributed by atoms with Crippen LogP contribution in [0.1, 0.15) is 16.7 Å². The minimum absolute atomic E-state index is 1.05. The number of halogens is 1. The third kappa shape index (κ3) is 1.52. The molecule has 2 heteroatoms. The topological polar surface area (TPSA) is 12.9 Å². The smallest absolute Gasteiger partial charge is 0.102 e. The summed E-state index contributed by atoms with van der Waals surface area (Å²) in [5, 5.41) is 1.27. The first-order valence-corrected chi connectivity index (χ1v) is 5.70. The fourth-order valence-corrected chi connectivity index (χ4v) is 2.13. The Labute approximate surface area is 97.7 Å². The van der Waals surface area contributed by atoms with Gasteiger partial charge in [0.1, 0.15) is 3.70 Å². The lowest BCUT2D eigenvalue weighted by Crippen LogP contribution is -1.91. The number of fused-ring (bicyclic) bond motifs is 1. The Balaban J connectivity index is 2.91. The van der Waals surface area contributed by atoms with E-state index < -0.39 is 0 Å². The molecule has 72 valence electrons. The molecule has 0 atom stereocenters. The van der Waals surface area contributed by atoms with Crippen LogP contribution >= 0.6 is 22.6 Å². The summed E-state index contributed by atoms with van der Waals surface area (Å²) >= 11 is 2.25. The minimum atomic E-state index is 1.05. The van der Waals surface area contributed by atoms with Gasteiger partial charge in [0.15, 0.2) is 0 Å². The fraction of sp³-hybridized carbons (Fsp3) is 0.250. The number of hydrogen-bond donors (Lipinski definition) is 0. The molecule has 1 nitrogen and oxygen atoms in total. The Morgan fingerprint density at radius 1 is 1.07 bits per heavy atom. The van der Waals surface area contributed by atoms with Crippen LogP contribution in [0.4, 0.5) is 0 Å². The molecule has 0 amide bonds. The molecule has 0 spiro atoms. The Bertz CT molecular complexity index is 503. The number of aromatic nitrogens is 1. The summed E-state index contributed by atoms with van der Waals surface area (Å²) in [4.78, 5) is 4.53. The standard InChI is InChI=1S/C12H12IN/c1-7-6-11-10(9(3)8(7)2)4-5-12(13)14-11/h4-6H,1-3H3. The van der Waals surface area contributed by atoms with Crippen molar-refractivity contribution in [1.82, 2.24) is 4.98 Å². The zero-order valence-corrected chi connectivity index (χ0v) is 10.7. The van der Waals surface area contributed by atoms with Crippen molar-refractivity contribution in [2.45, 2.75) is 20.8 Å². The van der Waals surface area contributed by atoms with Crippen molar-refractivity contribution in [3.05, 3.63) is 38.6 Å². The van der Waals surface area contributed by atoms with Gasteiger partial charge in [0.05, 0.1) is 5.52 Å². The van der Waals surface area contributed by atoms with Gasteiger partial charge < -0.3 is 0 Å². The van der Waals surface area contributed by atoms with Gasteiger partial charge in [-0.05, 0) is 78.3 Å². The number of hydrogen-bond acceptors (Lipinski definition) is 1. The summed E-state index contributed by atoms with van der Waals surface area (Å²) in [6.45, 7) is 6.48. The summed E-state index contributed by atoms with van der Waals surface area (Å²) in [6.07, 6.45) is 0. The predicted molar refractivity (Wildman–Crippen MR) is 68.7 cm³/mol. The summed E-state index contributed by atoms with van der Waals surface area (Å²) in [5.41, 5.74) is 5.16. The van der Waals surface area contributed by atoms with E-state index in [1.165, 1.54) is 22.1 Å². The van der Waals surface area contributed by atoms with Crippen LogP contribution in [0.25, 0.3) is 10.9 Å². The van der Waals surface area contributed by atoms with Gasteiger partial charge in [0, 0.05) is 5.39 Å². The Morgan fingerprint density at radius 2 is 1.79 bits per heavy atom. The van der Waals surface area contributed by atoms with Gasteiger partial charge >= 0.3 is 0 Å². The zero-order valence-electron chi connectivity index (χ0n) is 8.56. The SMILES string of the molecule is Cc1cc2nc(I)ccc2c(C)c1C. The van der Waals surface area contributed by atoms with E-state index in [1.54, 1.807) is 0 Å². The van der Waals surface area contributed by atoms with Crippen molar-refractivity contribution in [2.24, 2.45) is 0 Å². The molecule has 0 aliphatic carbocycles. The molecular weight excluding hydrogens is 285 g/mol. The molecule has 0 bridgehead atoms. The maximum absolute atomic E-state index is 4.53. The van der Waals surface area contributed by atoms with Crippen LogP contribution < -0.4 is 0 Å². The van der Waals surface area contributed by atoms with Crippen molar-refractivity contribution in [2.75, 3.05) is 0 Å². The number of aryl methyl sites for hydroxylation is 2. The molecule has 0 radical (unpaired) electrons. The van der Waals surface area contributed by atoms with E-state index >= 15 is 0 Å². The molecule has 0 aliphatic heterocycles. The lowest BCUT2D eigenvalue weighted by atomic mass is 10.00. The Kier molecular flexibility index (Phi) is 2.47. The average molecular weight is 297 g/mol. The molecule has 0 saturated carbocycles. The van der Waals surface area contributed by atoms with E-state index in [1.807, 2.05) is 0 Å². The highest BCUT2D eigenvalue weighted by Gasteiger charge is 2.04. The normalized spacial score (nSPS) is 10.9. The monoisotopic (exact) mass is 297 g/mol. The summed E-state index contributed by atoms with van der Waals surface area (Å²) in [7, 11) is 0. The second-order valence-electron chi connectivity index (χ2n) is 3.64. The third-order valence-electron chi connectivity index (χ3n) is 2.80. The first-order chi connectivity index (χ1) is 6.59. The molecule has 0 unspecified atom stereocenters. The van der Waals surface area contributed by atoms with Crippen LogP contribution in [0.15, 0.2) is 18.2 Å². The largest absolute Gasteiger partial charge is 0.242 e. The quantitative estimate of drug-likeness (QED) is 0.533. The van der Waals surface area contributed by atoms with Crippen molar-refractivity contribution >= 4 is 33.5 Å². The lowest BCUT2D eigenvalue weighted by molar-refractivity contribution is 1.26. The van der Waals surface area contributed by atoms with E-state index in [2.05, 4.69) is 66.5 Å². The van der Waals surface area contributed by atoms with Gasteiger partial charge in [-0.15, -0.1) is 0 Å². The van der Waals surface area contributed by atoms with Gasteiger partial charge in [-0.3, -0.25) is 0 Å². The number of rotatable bonds is 0. The zero-order chi connectivity index (χ0) is 10.3. The number of nitrogens with zero attached hydrogens (tertiary/aromatic N) is 1. The van der Waals surface area contributed by atoms with Crippen LogP contribution in [-0.2, 0) is 0 Å². The second kappa shape index (κ2) is 3.50. The molecule has 0 N–H and O–H groups in total. The van der Waals surface area contributed by atoms with E-state index in [0.29, 0.717) is 0 Å². The molecule has 0 fully saturated rings. The highest BCUT2D eigenvalue weighted by atomic mass is 127. The number of pyridine rings is 1.